The van der Waals surface area contributed by atoms with Gasteiger partial charge in [-0.25, -0.2) is 0 Å². The highest BCUT2D eigenvalue weighted by atomic mass is 35.5. The number of nitrogens with one attached hydrogen (secondary N) is 1. The summed E-state index contributed by atoms with van der Waals surface area (Å²) in [5.74, 6) is -0.434. The van der Waals surface area contributed by atoms with E-state index in [9.17, 15) is 22.8 Å². The van der Waals surface area contributed by atoms with Crippen molar-refractivity contribution in [3.8, 4) is 5.75 Å². The molecular formula is C18H15ClF3NO3. The third-order valence-electron chi connectivity index (χ3n) is 3.49. The van der Waals surface area contributed by atoms with Crippen molar-refractivity contribution < 1.29 is 27.5 Å². The van der Waals surface area contributed by atoms with Gasteiger partial charge in [-0.1, -0.05) is 11.6 Å². The maximum absolute atomic E-state index is 12.8. The van der Waals surface area contributed by atoms with E-state index in [1.165, 1.54) is 26.0 Å². The maximum atomic E-state index is 12.8. The molecule has 0 aliphatic rings. The first kappa shape index (κ1) is 19.8. The van der Waals surface area contributed by atoms with Crippen LogP contribution < -0.4 is 10.1 Å². The first-order valence-corrected chi connectivity index (χ1v) is 7.91. The molecule has 8 heteroatoms. The smallest absolute Gasteiger partial charge is 0.416 e. The van der Waals surface area contributed by atoms with Crippen molar-refractivity contribution >= 4 is 29.0 Å². The van der Waals surface area contributed by atoms with E-state index in [-0.39, 0.29) is 16.5 Å². The molecule has 2 aromatic carbocycles. The predicted octanol–water partition coefficient (Wildman–Crippen LogP) is 4.97. The molecule has 0 saturated heterocycles. The topological polar surface area (TPSA) is 55.4 Å². The number of alkyl halides is 3. The standard InChI is InChI=1S/C18H15ClF3NO3/c1-10(24)12-3-6-14(7-4-12)26-11(2)17(25)23-16-9-13(18(20,21)22)5-8-15(16)19/h3-9,11H,1-2H3,(H,23,25)/t11-/m0/s1. The Labute approximate surface area is 152 Å². The largest absolute Gasteiger partial charge is 0.481 e. The summed E-state index contributed by atoms with van der Waals surface area (Å²) in [5, 5.41) is 2.30. The number of carbonyl (C=O) groups excluding carboxylic acids is 2. The quantitative estimate of drug-likeness (QED) is 0.739. The zero-order chi connectivity index (χ0) is 19.5. The van der Waals surface area contributed by atoms with Crippen LogP contribution in [0, 0.1) is 0 Å². The molecule has 2 rings (SSSR count). The highest BCUT2D eigenvalue weighted by Gasteiger charge is 2.31. The van der Waals surface area contributed by atoms with Crippen LogP contribution in [0.15, 0.2) is 42.5 Å². The molecule has 0 heterocycles. The van der Waals surface area contributed by atoms with E-state index in [2.05, 4.69) is 5.32 Å². The van der Waals surface area contributed by atoms with Crippen molar-refractivity contribution in [3.63, 3.8) is 0 Å². The van der Waals surface area contributed by atoms with Crippen LogP contribution in [0.5, 0.6) is 5.75 Å². The minimum atomic E-state index is -4.55. The van der Waals surface area contributed by atoms with Crippen LogP contribution >= 0.6 is 11.6 Å². The van der Waals surface area contributed by atoms with Crippen molar-refractivity contribution in [2.24, 2.45) is 0 Å². The number of halogens is 4. The molecule has 1 atom stereocenters. The van der Waals surface area contributed by atoms with Crippen molar-refractivity contribution in [2.45, 2.75) is 26.1 Å². The van der Waals surface area contributed by atoms with Crippen LogP contribution in [0.2, 0.25) is 5.02 Å². The Morgan fingerprint density at radius 3 is 2.27 bits per heavy atom. The average molecular weight is 386 g/mol. The molecule has 0 aromatic heterocycles. The summed E-state index contributed by atoms with van der Waals surface area (Å²) in [6.07, 6.45) is -5.55. The van der Waals surface area contributed by atoms with Crippen molar-refractivity contribution in [1.82, 2.24) is 0 Å². The third-order valence-corrected chi connectivity index (χ3v) is 3.82. The van der Waals surface area contributed by atoms with Gasteiger partial charge >= 0.3 is 6.18 Å². The number of carbonyl (C=O) groups is 2. The fourth-order valence-electron chi connectivity index (χ4n) is 2.06. The molecule has 0 bridgehead atoms. The predicted molar refractivity (Wildman–Crippen MR) is 91.6 cm³/mol. The molecule has 138 valence electrons. The lowest BCUT2D eigenvalue weighted by Gasteiger charge is -2.16. The molecule has 0 unspecified atom stereocenters. The molecule has 1 amide bonds. The molecule has 0 radical (unpaired) electrons. The van der Waals surface area contributed by atoms with Crippen molar-refractivity contribution in [3.05, 3.63) is 58.6 Å². The lowest BCUT2D eigenvalue weighted by Crippen LogP contribution is -2.30. The zero-order valence-electron chi connectivity index (χ0n) is 13.9. The third kappa shape index (κ3) is 4.98. The summed E-state index contributed by atoms with van der Waals surface area (Å²) in [4.78, 5) is 23.4. The Kier molecular flexibility index (Phi) is 5.92. The van der Waals surface area contributed by atoms with Gasteiger partial charge in [0.2, 0.25) is 0 Å². The molecular weight excluding hydrogens is 371 g/mol. The number of benzene rings is 2. The Morgan fingerprint density at radius 1 is 1.12 bits per heavy atom. The van der Waals surface area contributed by atoms with Gasteiger partial charge in [0.05, 0.1) is 16.3 Å². The zero-order valence-corrected chi connectivity index (χ0v) is 14.6. The van der Waals surface area contributed by atoms with Gasteiger partial charge in [0.25, 0.3) is 5.91 Å². The molecule has 0 fully saturated rings. The van der Waals surface area contributed by atoms with Gasteiger partial charge in [-0.3, -0.25) is 9.59 Å². The molecule has 4 nitrogen and oxygen atoms in total. The van der Waals surface area contributed by atoms with Crippen LogP contribution in [0.4, 0.5) is 18.9 Å². The van der Waals surface area contributed by atoms with Crippen LogP contribution in [0.25, 0.3) is 0 Å². The number of ether oxygens (including phenoxy) is 1. The van der Waals surface area contributed by atoms with E-state index >= 15 is 0 Å². The van der Waals surface area contributed by atoms with E-state index < -0.39 is 23.8 Å². The minimum absolute atomic E-state index is 0.0237. The van der Waals surface area contributed by atoms with E-state index in [1.807, 2.05) is 0 Å². The van der Waals surface area contributed by atoms with E-state index in [1.54, 1.807) is 12.1 Å². The summed E-state index contributed by atoms with van der Waals surface area (Å²) in [6.45, 7) is 2.86. The fraction of sp³-hybridized carbons (Fsp3) is 0.222. The van der Waals surface area contributed by atoms with Crippen LogP contribution in [0.1, 0.15) is 29.8 Å². The number of anilines is 1. The number of hydrogen-bond acceptors (Lipinski definition) is 3. The van der Waals surface area contributed by atoms with Crippen LogP contribution in [-0.4, -0.2) is 17.8 Å². The Bertz CT molecular complexity index is 819. The van der Waals surface area contributed by atoms with Crippen molar-refractivity contribution in [1.29, 1.82) is 0 Å². The Morgan fingerprint density at radius 2 is 1.73 bits per heavy atom. The normalized spacial score (nSPS) is 12.4. The van der Waals surface area contributed by atoms with E-state index in [0.29, 0.717) is 11.3 Å². The summed E-state index contributed by atoms with van der Waals surface area (Å²) < 4.78 is 43.7. The van der Waals surface area contributed by atoms with Gasteiger partial charge in [-0.05, 0) is 56.3 Å². The Balaban J connectivity index is 2.08. The first-order chi connectivity index (χ1) is 12.1. The van der Waals surface area contributed by atoms with Gasteiger partial charge in [0, 0.05) is 5.56 Å². The molecule has 0 aliphatic carbocycles. The molecule has 26 heavy (non-hydrogen) atoms. The summed E-state index contributed by atoms with van der Waals surface area (Å²) in [5.41, 5.74) is -0.593. The van der Waals surface area contributed by atoms with Crippen molar-refractivity contribution in [2.75, 3.05) is 5.32 Å². The second kappa shape index (κ2) is 7.78. The average Bonchev–Trinajstić information content (AvgIpc) is 2.56. The molecule has 2 aromatic rings. The minimum Gasteiger partial charge on any atom is -0.481 e. The SMILES string of the molecule is CC(=O)c1ccc(O[C@@H](C)C(=O)Nc2cc(C(F)(F)F)ccc2Cl)cc1. The summed E-state index contributed by atoms with van der Waals surface area (Å²) in [7, 11) is 0. The highest BCUT2D eigenvalue weighted by molar-refractivity contribution is 6.33. The van der Waals surface area contributed by atoms with Gasteiger partial charge in [-0.15, -0.1) is 0 Å². The summed E-state index contributed by atoms with van der Waals surface area (Å²) >= 11 is 5.85. The van der Waals surface area contributed by atoms with Crippen LogP contribution in [-0.2, 0) is 11.0 Å². The second-order valence-electron chi connectivity index (χ2n) is 5.52. The molecule has 0 saturated carbocycles. The van der Waals surface area contributed by atoms with Crippen LogP contribution in [0.3, 0.4) is 0 Å². The van der Waals surface area contributed by atoms with E-state index in [4.69, 9.17) is 16.3 Å². The van der Waals surface area contributed by atoms with Gasteiger partial charge < -0.3 is 10.1 Å². The Hall–Kier alpha value is -2.54. The summed E-state index contributed by atoms with van der Waals surface area (Å²) in [6, 6.07) is 8.79. The lowest BCUT2D eigenvalue weighted by molar-refractivity contribution is -0.137. The first-order valence-electron chi connectivity index (χ1n) is 7.53. The number of ketones is 1. The maximum Gasteiger partial charge on any atom is 0.416 e. The fourth-order valence-corrected chi connectivity index (χ4v) is 2.22. The molecule has 0 spiro atoms. The number of rotatable bonds is 5. The van der Waals surface area contributed by atoms with Gasteiger partial charge in [-0.2, -0.15) is 13.2 Å². The lowest BCUT2D eigenvalue weighted by atomic mass is 10.1. The molecule has 0 aliphatic heterocycles. The van der Waals surface area contributed by atoms with Gasteiger partial charge in [0.15, 0.2) is 11.9 Å². The number of amides is 1. The number of hydrogen-bond donors (Lipinski definition) is 1. The van der Waals surface area contributed by atoms with E-state index in [0.717, 1.165) is 18.2 Å². The monoisotopic (exact) mass is 385 g/mol. The second-order valence-corrected chi connectivity index (χ2v) is 5.93. The van der Waals surface area contributed by atoms with Gasteiger partial charge in [0.1, 0.15) is 5.75 Å². The molecule has 1 N–H and O–H groups in total. The highest BCUT2D eigenvalue weighted by Crippen LogP contribution is 2.33. The number of Topliss-reactive ketones (excluding diaryl/α,β-unsaturated/α-hetero) is 1.